The molecule has 5 nitrogen and oxygen atoms in total. The number of amides is 1. The van der Waals surface area contributed by atoms with Crippen LogP contribution in [0.25, 0.3) is 20.4 Å². The number of thiazole rings is 1. The molecule has 27 heavy (non-hydrogen) atoms. The first-order valence-corrected chi connectivity index (χ1v) is 11.0. The summed E-state index contributed by atoms with van der Waals surface area (Å²) in [4.78, 5) is 27.9. The zero-order chi connectivity index (χ0) is 18.4. The number of aryl methyl sites for hydroxylation is 2. The average molecular weight is 417 g/mol. The number of fused-ring (bicyclic) bond motifs is 4. The van der Waals surface area contributed by atoms with Gasteiger partial charge in [-0.2, -0.15) is 0 Å². The number of thioether (sulfide) groups is 1. The molecule has 1 amide bonds. The largest absolute Gasteiger partial charge is 0.301 e. The molecule has 0 saturated carbocycles. The number of aromatic nitrogens is 3. The summed E-state index contributed by atoms with van der Waals surface area (Å²) in [5, 5.41) is 5.25. The number of carbonyl (C=O) groups excluding carboxylic acids is 1. The lowest BCUT2D eigenvalue weighted by Crippen LogP contribution is -2.13. The van der Waals surface area contributed by atoms with Crippen LogP contribution in [0.4, 0.5) is 9.52 Å². The Morgan fingerprint density at radius 2 is 2.19 bits per heavy atom. The van der Waals surface area contributed by atoms with Crippen LogP contribution in [0, 0.1) is 5.82 Å². The van der Waals surface area contributed by atoms with Crippen LogP contribution >= 0.6 is 34.4 Å². The minimum Gasteiger partial charge on any atom is -0.301 e. The van der Waals surface area contributed by atoms with Crippen LogP contribution in [-0.4, -0.2) is 26.6 Å². The number of nitrogens with zero attached hydrogens (tertiary/aromatic N) is 3. The number of thiophene rings is 1. The molecule has 0 bridgehead atoms. The van der Waals surface area contributed by atoms with Crippen molar-refractivity contribution < 1.29 is 9.18 Å². The predicted octanol–water partition coefficient (Wildman–Crippen LogP) is 4.66. The van der Waals surface area contributed by atoms with E-state index in [1.54, 1.807) is 23.7 Å². The number of hydrogen-bond acceptors (Lipinski definition) is 7. The summed E-state index contributed by atoms with van der Waals surface area (Å²) < 4.78 is 14.0. The van der Waals surface area contributed by atoms with E-state index in [1.807, 2.05) is 0 Å². The normalized spacial score (nSPS) is 13.4. The molecule has 136 valence electrons. The Morgan fingerprint density at radius 1 is 1.26 bits per heavy atom. The van der Waals surface area contributed by atoms with Crippen molar-refractivity contribution >= 4 is 65.9 Å². The Labute approximate surface area is 166 Å². The van der Waals surface area contributed by atoms with Gasteiger partial charge in [0.05, 0.1) is 16.0 Å². The van der Waals surface area contributed by atoms with Crippen molar-refractivity contribution in [1.82, 2.24) is 15.0 Å². The van der Waals surface area contributed by atoms with Crippen LogP contribution in [0.15, 0.2) is 29.6 Å². The Hall–Kier alpha value is -2.10. The van der Waals surface area contributed by atoms with Gasteiger partial charge in [-0.1, -0.05) is 23.1 Å². The van der Waals surface area contributed by atoms with Crippen LogP contribution in [0.3, 0.4) is 0 Å². The molecule has 4 aromatic rings. The number of hydrogen-bond donors (Lipinski definition) is 1. The second kappa shape index (κ2) is 6.81. The third-order valence-corrected chi connectivity index (χ3v) is 7.53. The Kier molecular flexibility index (Phi) is 4.30. The molecule has 5 rings (SSSR count). The van der Waals surface area contributed by atoms with Gasteiger partial charge in [0.25, 0.3) is 0 Å². The van der Waals surface area contributed by atoms with Crippen LogP contribution in [-0.2, 0) is 17.6 Å². The summed E-state index contributed by atoms with van der Waals surface area (Å²) in [6, 6.07) is 4.40. The molecule has 1 aromatic carbocycles. The van der Waals surface area contributed by atoms with Crippen LogP contribution in [0.2, 0.25) is 0 Å². The number of carbonyl (C=O) groups is 1. The SMILES string of the molecule is O=C(CSc1ncnc2sc3c(c12)CCC3)Nc1nc2ccc(F)cc2s1. The van der Waals surface area contributed by atoms with Crippen LogP contribution in [0.1, 0.15) is 16.9 Å². The summed E-state index contributed by atoms with van der Waals surface area (Å²) in [6.07, 6.45) is 4.91. The van der Waals surface area contributed by atoms with Gasteiger partial charge in [-0.15, -0.1) is 11.3 Å². The molecule has 3 aromatic heterocycles. The molecule has 9 heteroatoms. The second-order valence-electron chi connectivity index (χ2n) is 6.18. The minimum atomic E-state index is -0.310. The van der Waals surface area contributed by atoms with Crippen molar-refractivity contribution in [2.75, 3.05) is 11.1 Å². The third kappa shape index (κ3) is 3.19. The van der Waals surface area contributed by atoms with Crippen molar-refractivity contribution in [2.45, 2.75) is 24.3 Å². The average Bonchev–Trinajstić information content (AvgIpc) is 3.33. The molecular weight excluding hydrogens is 403 g/mol. The van der Waals surface area contributed by atoms with E-state index in [4.69, 9.17) is 0 Å². The van der Waals surface area contributed by atoms with Gasteiger partial charge >= 0.3 is 0 Å². The quantitative estimate of drug-likeness (QED) is 0.387. The minimum absolute atomic E-state index is 0.154. The summed E-state index contributed by atoms with van der Waals surface area (Å²) in [5.41, 5.74) is 2.03. The smallest absolute Gasteiger partial charge is 0.236 e. The van der Waals surface area contributed by atoms with E-state index >= 15 is 0 Å². The lowest BCUT2D eigenvalue weighted by atomic mass is 10.2. The maximum Gasteiger partial charge on any atom is 0.236 e. The van der Waals surface area contributed by atoms with Crippen molar-refractivity contribution in [1.29, 1.82) is 0 Å². The standard InChI is InChI=1S/C18H13FN4OS3/c19-9-4-5-11-13(6-9)27-18(22-11)23-14(24)7-25-16-15-10-2-1-3-12(10)26-17(15)21-8-20-16/h4-6,8H,1-3,7H2,(H,22,23,24). The maximum atomic E-state index is 13.3. The molecule has 1 N–H and O–H groups in total. The highest BCUT2D eigenvalue weighted by molar-refractivity contribution is 8.00. The number of nitrogens with one attached hydrogen (secondary N) is 1. The van der Waals surface area contributed by atoms with Gasteiger partial charge in [-0.3, -0.25) is 4.79 Å². The third-order valence-electron chi connectivity index (χ3n) is 4.40. The van der Waals surface area contributed by atoms with E-state index in [1.165, 1.54) is 52.1 Å². The Morgan fingerprint density at radius 3 is 3.11 bits per heavy atom. The molecule has 0 atom stereocenters. The van der Waals surface area contributed by atoms with Crippen molar-refractivity contribution in [3.63, 3.8) is 0 Å². The molecule has 0 saturated heterocycles. The van der Waals surface area contributed by atoms with Gasteiger partial charge in [0.15, 0.2) is 5.13 Å². The van der Waals surface area contributed by atoms with Gasteiger partial charge in [-0.05, 0) is 43.0 Å². The highest BCUT2D eigenvalue weighted by Gasteiger charge is 2.21. The molecule has 3 heterocycles. The van der Waals surface area contributed by atoms with Gasteiger partial charge in [0.1, 0.15) is 22.0 Å². The predicted molar refractivity (Wildman–Crippen MR) is 108 cm³/mol. The molecule has 0 unspecified atom stereocenters. The number of halogens is 1. The monoisotopic (exact) mass is 416 g/mol. The van der Waals surface area contributed by atoms with Crippen molar-refractivity contribution in [3.05, 3.63) is 40.8 Å². The summed E-state index contributed by atoms with van der Waals surface area (Å²) >= 11 is 4.42. The summed E-state index contributed by atoms with van der Waals surface area (Å²) in [6.45, 7) is 0. The molecule has 0 fully saturated rings. The molecule has 0 aliphatic heterocycles. The zero-order valence-electron chi connectivity index (χ0n) is 14.0. The molecule has 1 aliphatic rings. The number of rotatable bonds is 4. The van der Waals surface area contributed by atoms with Crippen molar-refractivity contribution in [3.8, 4) is 0 Å². The molecular formula is C18H13FN4OS3. The Bertz CT molecular complexity index is 1190. The highest BCUT2D eigenvalue weighted by Crippen LogP contribution is 2.40. The number of benzene rings is 1. The van der Waals surface area contributed by atoms with Crippen LogP contribution in [0.5, 0.6) is 0 Å². The number of anilines is 1. The van der Waals surface area contributed by atoms with Gasteiger partial charge in [0.2, 0.25) is 5.91 Å². The van der Waals surface area contributed by atoms with Crippen LogP contribution < -0.4 is 5.32 Å². The van der Waals surface area contributed by atoms with E-state index in [9.17, 15) is 9.18 Å². The first kappa shape index (κ1) is 17.0. The van der Waals surface area contributed by atoms with Gasteiger partial charge < -0.3 is 5.32 Å². The lowest BCUT2D eigenvalue weighted by Gasteiger charge is -2.04. The topological polar surface area (TPSA) is 67.8 Å². The summed E-state index contributed by atoms with van der Waals surface area (Å²) in [7, 11) is 0. The lowest BCUT2D eigenvalue weighted by molar-refractivity contribution is -0.113. The van der Waals surface area contributed by atoms with Gasteiger partial charge in [-0.25, -0.2) is 19.3 Å². The first-order valence-electron chi connectivity index (χ1n) is 8.41. The zero-order valence-corrected chi connectivity index (χ0v) is 16.4. The molecule has 0 spiro atoms. The first-order chi connectivity index (χ1) is 13.2. The fraction of sp³-hybridized carbons (Fsp3) is 0.222. The molecule has 0 radical (unpaired) electrons. The fourth-order valence-corrected chi connectivity index (χ4v) is 6.28. The van der Waals surface area contributed by atoms with Gasteiger partial charge in [0, 0.05) is 10.3 Å². The second-order valence-corrected chi connectivity index (χ2v) is 9.26. The highest BCUT2D eigenvalue weighted by atomic mass is 32.2. The summed E-state index contributed by atoms with van der Waals surface area (Å²) in [5.74, 6) is -0.227. The van der Waals surface area contributed by atoms with E-state index < -0.39 is 0 Å². The van der Waals surface area contributed by atoms with Crippen molar-refractivity contribution in [2.24, 2.45) is 0 Å². The fourth-order valence-electron chi connectivity index (χ4n) is 3.25. The molecule has 1 aliphatic carbocycles. The van der Waals surface area contributed by atoms with E-state index in [0.29, 0.717) is 15.3 Å². The van der Waals surface area contributed by atoms with E-state index in [-0.39, 0.29) is 17.5 Å². The Balaban J connectivity index is 1.32. The van der Waals surface area contributed by atoms with E-state index in [2.05, 4.69) is 20.3 Å². The maximum absolute atomic E-state index is 13.3. The van der Waals surface area contributed by atoms with E-state index in [0.717, 1.165) is 28.1 Å².